The molecule has 2 N–H and O–H groups in total. The Balaban J connectivity index is 1.93. The normalized spacial score (nSPS) is 31.2. The van der Waals surface area contributed by atoms with E-state index in [9.17, 15) is 9.59 Å². The van der Waals surface area contributed by atoms with Gasteiger partial charge in [-0.15, -0.1) is 0 Å². The summed E-state index contributed by atoms with van der Waals surface area (Å²) in [5, 5.41) is 12.0. The van der Waals surface area contributed by atoms with Gasteiger partial charge in [0.05, 0.1) is 6.42 Å². The number of carboxylic acids is 1. The second-order valence-corrected chi connectivity index (χ2v) is 5.91. The van der Waals surface area contributed by atoms with Crippen LogP contribution >= 0.6 is 0 Å². The van der Waals surface area contributed by atoms with Crippen LogP contribution in [0.1, 0.15) is 51.9 Å². The number of rotatable bonds is 3. The predicted octanol–water partition coefficient (Wildman–Crippen LogP) is 2.21. The molecule has 1 aliphatic heterocycles. The summed E-state index contributed by atoms with van der Waals surface area (Å²) >= 11 is 0. The van der Waals surface area contributed by atoms with Crippen molar-refractivity contribution in [3.63, 3.8) is 0 Å². The second kappa shape index (κ2) is 6.26. The molecule has 1 saturated carbocycles. The molecule has 2 rings (SSSR count). The molecule has 0 radical (unpaired) electrons. The number of carbonyl (C=O) groups excluding carboxylic acids is 1. The molecule has 3 unspecified atom stereocenters. The standard InChI is InChI=1S/C14H24N2O3/c1-10-5-4-7-12(10)15-14(19)16-8-3-2-6-11(16)9-13(17)18/h10-12H,2-9H2,1H3,(H,15,19)(H,17,18). The minimum Gasteiger partial charge on any atom is -0.481 e. The minimum atomic E-state index is -0.820. The molecule has 5 nitrogen and oxygen atoms in total. The Morgan fingerprint density at radius 2 is 2.00 bits per heavy atom. The molecule has 2 aliphatic rings. The molecule has 108 valence electrons. The molecule has 2 fully saturated rings. The van der Waals surface area contributed by atoms with Crippen molar-refractivity contribution in [1.29, 1.82) is 0 Å². The third-order valence-corrected chi connectivity index (χ3v) is 4.47. The molecule has 1 saturated heterocycles. The van der Waals surface area contributed by atoms with E-state index in [1.165, 1.54) is 12.8 Å². The lowest BCUT2D eigenvalue weighted by Gasteiger charge is -2.36. The van der Waals surface area contributed by atoms with Crippen LogP contribution in [0.25, 0.3) is 0 Å². The summed E-state index contributed by atoms with van der Waals surface area (Å²) < 4.78 is 0. The van der Waals surface area contributed by atoms with E-state index in [-0.39, 0.29) is 24.5 Å². The maximum Gasteiger partial charge on any atom is 0.317 e. The predicted molar refractivity (Wildman–Crippen MR) is 71.9 cm³/mol. The minimum absolute atomic E-state index is 0.0631. The SMILES string of the molecule is CC1CCCC1NC(=O)N1CCCCC1CC(=O)O. The summed E-state index contributed by atoms with van der Waals surface area (Å²) in [4.78, 5) is 24.9. The number of carboxylic acid groups (broad SMARTS) is 1. The van der Waals surface area contributed by atoms with Crippen LogP contribution in [0.15, 0.2) is 0 Å². The summed E-state index contributed by atoms with van der Waals surface area (Å²) in [7, 11) is 0. The van der Waals surface area contributed by atoms with Crippen LogP contribution in [0.2, 0.25) is 0 Å². The smallest absolute Gasteiger partial charge is 0.317 e. The Bertz CT molecular complexity index is 346. The summed E-state index contributed by atoms with van der Waals surface area (Å²) in [6.45, 7) is 2.85. The lowest BCUT2D eigenvalue weighted by molar-refractivity contribution is -0.138. The van der Waals surface area contributed by atoms with Gasteiger partial charge in [-0.2, -0.15) is 0 Å². The molecule has 0 aromatic carbocycles. The van der Waals surface area contributed by atoms with E-state index in [4.69, 9.17) is 5.11 Å². The molecular weight excluding hydrogens is 244 g/mol. The first-order chi connectivity index (χ1) is 9.08. The number of amides is 2. The van der Waals surface area contributed by atoms with Crippen LogP contribution in [0, 0.1) is 5.92 Å². The fourth-order valence-corrected chi connectivity index (χ4v) is 3.28. The van der Waals surface area contributed by atoms with E-state index in [1.807, 2.05) is 0 Å². The molecule has 0 spiro atoms. The molecule has 0 aromatic heterocycles. The van der Waals surface area contributed by atoms with Gasteiger partial charge in [0, 0.05) is 18.6 Å². The van der Waals surface area contributed by atoms with Crippen LogP contribution in [0.4, 0.5) is 4.79 Å². The average molecular weight is 268 g/mol. The zero-order chi connectivity index (χ0) is 13.8. The Hall–Kier alpha value is -1.26. The lowest BCUT2D eigenvalue weighted by Crippen LogP contribution is -2.52. The van der Waals surface area contributed by atoms with E-state index in [2.05, 4.69) is 12.2 Å². The van der Waals surface area contributed by atoms with E-state index < -0.39 is 5.97 Å². The van der Waals surface area contributed by atoms with Gasteiger partial charge in [0.2, 0.25) is 0 Å². The first-order valence-corrected chi connectivity index (χ1v) is 7.37. The van der Waals surface area contributed by atoms with Crippen LogP contribution in [0.5, 0.6) is 0 Å². The number of urea groups is 1. The van der Waals surface area contributed by atoms with E-state index in [0.29, 0.717) is 12.5 Å². The Morgan fingerprint density at radius 3 is 2.63 bits per heavy atom. The first-order valence-electron chi connectivity index (χ1n) is 7.37. The van der Waals surface area contributed by atoms with Gasteiger partial charge < -0.3 is 15.3 Å². The number of carbonyl (C=O) groups is 2. The van der Waals surface area contributed by atoms with Crippen molar-refractivity contribution in [3.8, 4) is 0 Å². The third-order valence-electron chi connectivity index (χ3n) is 4.47. The molecule has 5 heteroatoms. The Labute approximate surface area is 114 Å². The number of aliphatic carboxylic acids is 1. The van der Waals surface area contributed by atoms with Crippen LogP contribution in [-0.4, -0.2) is 40.6 Å². The van der Waals surface area contributed by atoms with Crippen molar-refractivity contribution < 1.29 is 14.7 Å². The van der Waals surface area contributed by atoms with E-state index in [0.717, 1.165) is 25.7 Å². The van der Waals surface area contributed by atoms with Gasteiger partial charge in [-0.25, -0.2) is 4.79 Å². The van der Waals surface area contributed by atoms with Gasteiger partial charge >= 0.3 is 12.0 Å². The highest BCUT2D eigenvalue weighted by Gasteiger charge is 2.31. The second-order valence-electron chi connectivity index (χ2n) is 5.91. The Kier molecular flexibility index (Phi) is 4.66. The highest BCUT2D eigenvalue weighted by atomic mass is 16.4. The van der Waals surface area contributed by atoms with Gasteiger partial charge in [0.15, 0.2) is 0 Å². The van der Waals surface area contributed by atoms with Crippen molar-refractivity contribution >= 4 is 12.0 Å². The van der Waals surface area contributed by atoms with Crippen molar-refractivity contribution in [2.45, 2.75) is 64.0 Å². The fourth-order valence-electron chi connectivity index (χ4n) is 3.28. The quantitative estimate of drug-likeness (QED) is 0.824. The largest absolute Gasteiger partial charge is 0.481 e. The number of hydrogen-bond acceptors (Lipinski definition) is 2. The lowest BCUT2D eigenvalue weighted by atomic mass is 9.99. The zero-order valence-corrected chi connectivity index (χ0v) is 11.6. The highest BCUT2D eigenvalue weighted by Crippen LogP contribution is 2.26. The van der Waals surface area contributed by atoms with Crippen molar-refractivity contribution in [3.05, 3.63) is 0 Å². The molecule has 3 atom stereocenters. The van der Waals surface area contributed by atoms with Crippen molar-refractivity contribution in [2.24, 2.45) is 5.92 Å². The molecular formula is C14H24N2O3. The van der Waals surface area contributed by atoms with Gasteiger partial charge in [0.25, 0.3) is 0 Å². The molecule has 2 amide bonds. The van der Waals surface area contributed by atoms with Gasteiger partial charge in [-0.1, -0.05) is 13.3 Å². The zero-order valence-electron chi connectivity index (χ0n) is 11.6. The molecule has 19 heavy (non-hydrogen) atoms. The Morgan fingerprint density at radius 1 is 1.21 bits per heavy atom. The van der Waals surface area contributed by atoms with Crippen molar-refractivity contribution in [1.82, 2.24) is 10.2 Å². The topological polar surface area (TPSA) is 69.6 Å². The van der Waals surface area contributed by atoms with Gasteiger partial charge in [-0.3, -0.25) is 4.79 Å². The number of piperidine rings is 1. The maximum atomic E-state index is 12.3. The molecule has 0 aromatic rings. The first kappa shape index (κ1) is 14.2. The molecule has 1 aliphatic carbocycles. The number of nitrogens with zero attached hydrogens (tertiary/aromatic N) is 1. The summed E-state index contributed by atoms with van der Waals surface area (Å²) in [6.07, 6.45) is 6.25. The van der Waals surface area contributed by atoms with Gasteiger partial charge in [-0.05, 0) is 38.0 Å². The number of hydrogen-bond donors (Lipinski definition) is 2. The van der Waals surface area contributed by atoms with Crippen LogP contribution in [0.3, 0.4) is 0 Å². The number of nitrogens with one attached hydrogen (secondary N) is 1. The maximum absolute atomic E-state index is 12.3. The van der Waals surface area contributed by atoms with Crippen LogP contribution < -0.4 is 5.32 Å². The van der Waals surface area contributed by atoms with Crippen LogP contribution in [-0.2, 0) is 4.79 Å². The fraction of sp³-hybridized carbons (Fsp3) is 0.857. The van der Waals surface area contributed by atoms with Gasteiger partial charge in [0.1, 0.15) is 0 Å². The monoisotopic (exact) mass is 268 g/mol. The van der Waals surface area contributed by atoms with E-state index >= 15 is 0 Å². The highest BCUT2D eigenvalue weighted by molar-refractivity contribution is 5.76. The number of likely N-dealkylation sites (tertiary alicyclic amines) is 1. The molecule has 1 heterocycles. The third kappa shape index (κ3) is 3.61. The summed E-state index contributed by atoms with van der Waals surface area (Å²) in [5.41, 5.74) is 0. The average Bonchev–Trinajstić information content (AvgIpc) is 2.75. The summed E-state index contributed by atoms with van der Waals surface area (Å²) in [5.74, 6) is -0.286. The molecule has 0 bridgehead atoms. The summed E-state index contributed by atoms with van der Waals surface area (Å²) in [6, 6.07) is 0.0626. The van der Waals surface area contributed by atoms with Crippen molar-refractivity contribution in [2.75, 3.05) is 6.54 Å². The van der Waals surface area contributed by atoms with E-state index in [1.54, 1.807) is 4.90 Å².